The molecule has 28 heavy (non-hydrogen) atoms. The zero-order valence-electron chi connectivity index (χ0n) is 15.0. The highest BCUT2D eigenvalue weighted by Crippen LogP contribution is 2.29. The molecule has 0 amide bonds. The van der Waals surface area contributed by atoms with Crippen molar-refractivity contribution in [1.29, 1.82) is 0 Å². The summed E-state index contributed by atoms with van der Waals surface area (Å²) in [6, 6.07) is 8.17. The largest absolute Gasteiger partial charge is 0.457 e. The molecule has 2 N–H and O–H groups in total. The summed E-state index contributed by atoms with van der Waals surface area (Å²) >= 11 is 0. The van der Waals surface area contributed by atoms with Crippen molar-refractivity contribution in [2.24, 2.45) is 5.73 Å². The van der Waals surface area contributed by atoms with Crippen LogP contribution in [0.2, 0.25) is 0 Å². The van der Waals surface area contributed by atoms with E-state index in [9.17, 15) is 26.8 Å². The number of ether oxygens (including phenoxy) is 1. The van der Waals surface area contributed by atoms with Crippen molar-refractivity contribution in [3.8, 4) is 0 Å². The molecule has 1 aliphatic heterocycles. The maximum absolute atomic E-state index is 13.4. The molecule has 0 bridgehead atoms. The standard InChI is InChI=1S/C18H12F2O5S.CH5N/c1-26(23,24)12-5-2-10(3-6-12)13-9-25-18(22)16(13)17(21)11-4-7-14(19)15(20)8-11;1-2/h2-8H,9H2,1H3;2H2,1H3. The summed E-state index contributed by atoms with van der Waals surface area (Å²) in [4.78, 5) is 24.7. The Kier molecular flexibility index (Phi) is 6.42. The fourth-order valence-corrected chi connectivity index (χ4v) is 3.18. The van der Waals surface area contributed by atoms with Gasteiger partial charge in [-0.05, 0) is 42.9 Å². The summed E-state index contributed by atoms with van der Waals surface area (Å²) in [6.07, 6.45) is 1.06. The van der Waals surface area contributed by atoms with Crippen LogP contribution in [0.4, 0.5) is 8.78 Å². The minimum Gasteiger partial charge on any atom is -0.457 e. The Morgan fingerprint density at radius 2 is 1.64 bits per heavy atom. The molecule has 1 heterocycles. The van der Waals surface area contributed by atoms with Crippen LogP contribution in [0.5, 0.6) is 0 Å². The summed E-state index contributed by atoms with van der Waals surface area (Å²) in [6.45, 7) is -0.179. The third-order valence-electron chi connectivity index (χ3n) is 3.89. The summed E-state index contributed by atoms with van der Waals surface area (Å²) in [5, 5.41) is 0. The van der Waals surface area contributed by atoms with Gasteiger partial charge < -0.3 is 10.5 Å². The van der Waals surface area contributed by atoms with E-state index in [1.165, 1.54) is 31.3 Å². The van der Waals surface area contributed by atoms with Crippen LogP contribution >= 0.6 is 0 Å². The molecule has 0 unspecified atom stereocenters. The number of hydrogen-bond acceptors (Lipinski definition) is 6. The van der Waals surface area contributed by atoms with Crippen LogP contribution < -0.4 is 5.73 Å². The molecule has 0 aliphatic carbocycles. The monoisotopic (exact) mass is 409 g/mol. The molecule has 6 nitrogen and oxygen atoms in total. The van der Waals surface area contributed by atoms with Gasteiger partial charge in [-0.15, -0.1) is 0 Å². The van der Waals surface area contributed by atoms with Crippen LogP contribution in [-0.4, -0.2) is 40.1 Å². The number of rotatable bonds is 4. The highest BCUT2D eigenvalue weighted by Gasteiger charge is 2.32. The van der Waals surface area contributed by atoms with E-state index in [0.29, 0.717) is 11.6 Å². The van der Waals surface area contributed by atoms with Crippen molar-refractivity contribution in [2.75, 3.05) is 19.9 Å². The van der Waals surface area contributed by atoms with Gasteiger partial charge in [0, 0.05) is 17.4 Å². The first-order chi connectivity index (χ1) is 13.2. The average molecular weight is 409 g/mol. The lowest BCUT2D eigenvalue weighted by Crippen LogP contribution is -2.12. The number of nitrogens with two attached hydrogens (primary N) is 1. The van der Waals surface area contributed by atoms with Gasteiger partial charge in [0.2, 0.25) is 5.78 Å². The number of carbonyl (C=O) groups excluding carboxylic acids is 2. The predicted molar refractivity (Wildman–Crippen MR) is 98.2 cm³/mol. The Morgan fingerprint density at radius 3 is 2.18 bits per heavy atom. The number of sulfone groups is 1. The molecule has 1 aliphatic rings. The Balaban J connectivity index is 0.00000136. The van der Waals surface area contributed by atoms with E-state index >= 15 is 0 Å². The third-order valence-corrected chi connectivity index (χ3v) is 5.02. The lowest BCUT2D eigenvalue weighted by molar-refractivity contribution is -0.135. The van der Waals surface area contributed by atoms with E-state index in [1.54, 1.807) is 0 Å². The number of ketones is 1. The number of hydrogen-bond donors (Lipinski definition) is 1. The summed E-state index contributed by atoms with van der Waals surface area (Å²) < 4.78 is 54.4. The van der Waals surface area contributed by atoms with Crippen LogP contribution in [0.3, 0.4) is 0 Å². The molecule has 2 aromatic rings. The number of cyclic esters (lactones) is 1. The molecule has 9 heteroatoms. The van der Waals surface area contributed by atoms with Gasteiger partial charge in [-0.1, -0.05) is 12.1 Å². The Morgan fingerprint density at radius 1 is 1.04 bits per heavy atom. The SMILES string of the molecule is CN.CS(=O)(=O)c1ccc(C2=C(C(=O)c3ccc(F)c(F)c3)C(=O)OC2)cc1. The molecule has 0 spiro atoms. The van der Waals surface area contributed by atoms with E-state index < -0.39 is 33.2 Å². The maximum Gasteiger partial charge on any atom is 0.342 e. The van der Waals surface area contributed by atoms with Gasteiger partial charge in [0.15, 0.2) is 21.5 Å². The van der Waals surface area contributed by atoms with Crippen LogP contribution in [0.15, 0.2) is 52.9 Å². The van der Waals surface area contributed by atoms with Gasteiger partial charge in [0.05, 0.1) is 4.90 Å². The molecule has 0 saturated carbocycles. The van der Waals surface area contributed by atoms with Gasteiger partial charge in [0.25, 0.3) is 0 Å². The zero-order chi connectivity index (χ0) is 21.1. The second-order valence-electron chi connectivity index (χ2n) is 5.68. The van der Waals surface area contributed by atoms with Crippen LogP contribution in [-0.2, 0) is 19.4 Å². The van der Waals surface area contributed by atoms with E-state index in [4.69, 9.17) is 4.74 Å². The normalized spacial score (nSPS) is 13.7. The van der Waals surface area contributed by atoms with E-state index in [2.05, 4.69) is 5.73 Å². The van der Waals surface area contributed by atoms with Crippen molar-refractivity contribution in [1.82, 2.24) is 0 Å². The molecular weight excluding hydrogens is 392 g/mol. The van der Waals surface area contributed by atoms with E-state index in [-0.39, 0.29) is 28.2 Å². The van der Waals surface area contributed by atoms with E-state index in [1.807, 2.05) is 0 Å². The van der Waals surface area contributed by atoms with Crippen molar-refractivity contribution >= 4 is 27.2 Å². The Labute approximate surface area is 160 Å². The molecule has 0 aromatic heterocycles. The number of benzene rings is 2. The second-order valence-corrected chi connectivity index (χ2v) is 7.70. The number of Topliss-reactive ketones (excluding diaryl/α,β-unsaturated/α-hetero) is 1. The number of carbonyl (C=O) groups is 2. The molecule has 0 saturated heterocycles. The lowest BCUT2D eigenvalue weighted by atomic mass is 9.96. The average Bonchev–Trinajstić information content (AvgIpc) is 3.06. The quantitative estimate of drug-likeness (QED) is 0.471. The minimum atomic E-state index is -3.39. The molecule has 148 valence electrons. The van der Waals surface area contributed by atoms with Gasteiger partial charge in [-0.3, -0.25) is 4.79 Å². The molecule has 2 aromatic carbocycles. The molecule has 0 fully saturated rings. The first kappa shape index (κ1) is 21.4. The number of halogens is 2. The van der Waals surface area contributed by atoms with Crippen LogP contribution in [0.25, 0.3) is 5.57 Å². The summed E-state index contributed by atoms with van der Waals surface area (Å²) in [5.41, 5.74) is 4.70. The summed E-state index contributed by atoms with van der Waals surface area (Å²) in [5.74, 6) is -3.99. The highest BCUT2D eigenvalue weighted by molar-refractivity contribution is 7.90. The van der Waals surface area contributed by atoms with Gasteiger partial charge in [-0.2, -0.15) is 0 Å². The lowest BCUT2D eigenvalue weighted by Gasteiger charge is -2.06. The number of esters is 1. The molecule has 0 atom stereocenters. The van der Waals surface area contributed by atoms with Gasteiger partial charge in [-0.25, -0.2) is 22.0 Å². The molecular formula is C19H17F2NO5S. The van der Waals surface area contributed by atoms with Gasteiger partial charge in [0.1, 0.15) is 12.2 Å². The fraction of sp³-hybridized carbons (Fsp3) is 0.158. The first-order valence-electron chi connectivity index (χ1n) is 7.97. The zero-order valence-corrected chi connectivity index (χ0v) is 15.8. The van der Waals surface area contributed by atoms with Crippen molar-refractivity contribution < 1.29 is 31.5 Å². The third kappa shape index (κ3) is 4.32. The van der Waals surface area contributed by atoms with E-state index in [0.717, 1.165) is 18.4 Å². The minimum absolute atomic E-state index is 0.0839. The fourth-order valence-electron chi connectivity index (χ4n) is 2.55. The van der Waals surface area contributed by atoms with Gasteiger partial charge >= 0.3 is 5.97 Å². The van der Waals surface area contributed by atoms with Crippen molar-refractivity contribution in [3.05, 3.63) is 70.8 Å². The Bertz CT molecular complexity index is 1060. The van der Waals surface area contributed by atoms with Crippen LogP contribution in [0, 0.1) is 11.6 Å². The predicted octanol–water partition coefficient (Wildman–Crippen LogP) is 2.14. The van der Waals surface area contributed by atoms with Crippen LogP contribution in [0.1, 0.15) is 15.9 Å². The summed E-state index contributed by atoms with van der Waals surface area (Å²) in [7, 11) is -1.89. The van der Waals surface area contributed by atoms with Crippen molar-refractivity contribution in [2.45, 2.75) is 4.90 Å². The smallest absolute Gasteiger partial charge is 0.342 e. The highest BCUT2D eigenvalue weighted by atomic mass is 32.2. The molecule has 3 rings (SSSR count). The Hall–Kier alpha value is -2.91. The second kappa shape index (κ2) is 8.41. The molecule has 0 radical (unpaired) electrons. The first-order valence-corrected chi connectivity index (χ1v) is 9.86. The maximum atomic E-state index is 13.4. The van der Waals surface area contributed by atoms with Crippen molar-refractivity contribution in [3.63, 3.8) is 0 Å². The topological polar surface area (TPSA) is 104 Å².